The van der Waals surface area contributed by atoms with E-state index >= 15 is 0 Å². The van der Waals surface area contributed by atoms with E-state index in [4.69, 9.17) is 9.47 Å². The van der Waals surface area contributed by atoms with Crippen molar-refractivity contribution in [2.75, 3.05) is 38.2 Å². The Hall–Kier alpha value is -2.85. The van der Waals surface area contributed by atoms with Crippen LogP contribution in [0.25, 0.3) is 0 Å². The molecule has 3 saturated carbocycles. The molecule has 1 aromatic rings. The second kappa shape index (κ2) is 11.0. The average molecular weight is 579 g/mol. The summed E-state index contributed by atoms with van der Waals surface area (Å²) in [5.74, 6) is -0.480. The minimum Gasteiger partial charge on any atom is -0.441 e. The first kappa shape index (κ1) is 29.2. The lowest BCUT2D eigenvalue weighted by Crippen LogP contribution is -2.61. The molecule has 1 aliphatic heterocycles. The number of Topliss-reactive ketones (excluding diaryl/α,β-unsaturated/α-hetero) is 1. The molecule has 4 fully saturated rings. The Morgan fingerprint density at radius 3 is 2.62 bits per heavy atom. The number of rotatable bonds is 6. The molecule has 6 rings (SSSR count). The Kier molecular flexibility index (Phi) is 7.66. The molecule has 1 aromatic carbocycles. The number of benzene rings is 1. The van der Waals surface area contributed by atoms with Gasteiger partial charge in [-0.2, -0.15) is 0 Å². The highest BCUT2D eigenvalue weighted by atomic mass is 16.6. The molecular formula is C33H42N2O7. The van der Waals surface area contributed by atoms with Crippen molar-refractivity contribution in [2.24, 2.45) is 28.6 Å². The zero-order valence-electron chi connectivity index (χ0n) is 24.5. The third kappa shape index (κ3) is 4.94. The third-order valence-electron chi connectivity index (χ3n) is 11.2. The second-order valence-electron chi connectivity index (χ2n) is 13.3. The molecule has 7 atom stereocenters. The predicted octanol–water partition coefficient (Wildman–Crippen LogP) is 3.65. The van der Waals surface area contributed by atoms with E-state index < -0.39 is 41.0 Å². The van der Waals surface area contributed by atoms with Gasteiger partial charge in [0, 0.05) is 42.1 Å². The molecule has 3 N–H and O–H groups in total. The molecule has 5 unspecified atom stereocenters. The van der Waals surface area contributed by atoms with Crippen molar-refractivity contribution < 1.29 is 34.1 Å². The topological polar surface area (TPSA) is 125 Å². The number of morpholine rings is 1. The van der Waals surface area contributed by atoms with Crippen molar-refractivity contribution in [3.05, 3.63) is 53.6 Å². The summed E-state index contributed by atoms with van der Waals surface area (Å²) in [5.41, 5.74) is -0.198. The minimum atomic E-state index is -1.69. The largest absolute Gasteiger partial charge is 0.441 e. The monoisotopic (exact) mass is 578 g/mol. The van der Waals surface area contributed by atoms with Gasteiger partial charge in [0.2, 0.25) is 5.78 Å². The van der Waals surface area contributed by atoms with Crippen LogP contribution in [0.15, 0.2) is 48.1 Å². The van der Waals surface area contributed by atoms with Crippen LogP contribution >= 0.6 is 0 Å². The Labute approximate surface area is 246 Å². The van der Waals surface area contributed by atoms with E-state index in [2.05, 4.69) is 17.1 Å². The van der Waals surface area contributed by atoms with Gasteiger partial charge in [0.15, 0.2) is 12.4 Å². The number of aliphatic hydroxyl groups is 2. The van der Waals surface area contributed by atoms with Crippen molar-refractivity contribution in [1.82, 2.24) is 4.90 Å². The molecule has 42 heavy (non-hydrogen) atoms. The highest BCUT2D eigenvalue weighted by Gasteiger charge is 2.68. The van der Waals surface area contributed by atoms with Gasteiger partial charge in [0.1, 0.15) is 5.60 Å². The first-order chi connectivity index (χ1) is 20.0. The number of amides is 1. The van der Waals surface area contributed by atoms with Gasteiger partial charge in [-0.3, -0.25) is 19.8 Å². The van der Waals surface area contributed by atoms with E-state index in [-0.39, 0.29) is 36.4 Å². The van der Waals surface area contributed by atoms with Gasteiger partial charge >= 0.3 is 6.09 Å². The number of carbonyl (C=O) groups excluding carboxylic acids is 3. The summed E-state index contributed by atoms with van der Waals surface area (Å²) in [7, 11) is 0. The molecule has 0 radical (unpaired) electrons. The van der Waals surface area contributed by atoms with Gasteiger partial charge in [-0.05, 0) is 73.8 Å². The van der Waals surface area contributed by atoms with E-state index in [1.54, 1.807) is 24.3 Å². The predicted molar refractivity (Wildman–Crippen MR) is 155 cm³/mol. The van der Waals surface area contributed by atoms with Gasteiger partial charge in [-0.25, -0.2) is 4.79 Å². The van der Waals surface area contributed by atoms with Crippen molar-refractivity contribution in [3.8, 4) is 0 Å². The van der Waals surface area contributed by atoms with E-state index in [1.165, 1.54) is 0 Å². The van der Waals surface area contributed by atoms with Crippen molar-refractivity contribution in [3.63, 3.8) is 0 Å². The summed E-state index contributed by atoms with van der Waals surface area (Å²) >= 11 is 0. The molecule has 5 aliphatic rings. The first-order valence-electron chi connectivity index (χ1n) is 15.2. The SMILES string of the molecule is CC12C=CC(=O)C=C1CCC1C2[C@@H](O)CC2(C)C1CC[C@]2(O)C(=O)COC(=O)Nc1ccc(CN2CCOCC2)cc1. The number of ketones is 2. The van der Waals surface area contributed by atoms with Crippen LogP contribution in [0.4, 0.5) is 10.5 Å². The van der Waals surface area contributed by atoms with Crippen LogP contribution in [0, 0.1) is 28.6 Å². The molecule has 0 aromatic heterocycles. The van der Waals surface area contributed by atoms with E-state index in [9.17, 15) is 24.6 Å². The maximum Gasteiger partial charge on any atom is 0.412 e. The second-order valence-corrected chi connectivity index (χ2v) is 13.3. The van der Waals surface area contributed by atoms with Crippen LogP contribution < -0.4 is 5.32 Å². The molecule has 1 amide bonds. The Bertz CT molecular complexity index is 1300. The van der Waals surface area contributed by atoms with Crippen LogP contribution in [-0.4, -0.2) is 77.4 Å². The Morgan fingerprint density at radius 2 is 1.88 bits per heavy atom. The summed E-state index contributed by atoms with van der Waals surface area (Å²) in [4.78, 5) is 40.4. The number of hydrogen-bond donors (Lipinski definition) is 3. The van der Waals surface area contributed by atoms with E-state index in [0.29, 0.717) is 12.1 Å². The molecule has 9 heteroatoms. The molecule has 4 aliphatic carbocycles. The molecular weight excluding hydrogens is 536 g/mol. The Morgan fingerprint density at radius 1 is 1.14 bits per heavy atom. The number of ether oxygens (including phenoxy) is 2. The van der Waals surface area contributed by atoms with Gasteiger partial charge in [-0.1, -0.05) is 37.6 Å². The van der Waals surface area contributed by atoms with Crippen LogP contribution in [0.1, 0.15) is 51.5 Å². The number of nitrogens with zero attached hydrogens (tertiary/aromatic N) is 1. The van der Waals surface area contributed by atoms with Crippen LogP contribution in [0.2, 0.25) is 0 Å². The van der Waals surface area contributed by atoms with Crippen molar-refractivity contribution >= 4 is 23.3 Å². The molecule has 226 valence electrons. The number of aliphatic hydroxyl groups excluding tert-OH is 1. The van der Waals surface area contributed by atoms with Crippen LogP contribution in [0.3, 0.4) is 0 Å². The summed E-state index contributed by atoms with van der Waals surface area (Å²) < 4.78 is 10.7. The fourth-order valence-electron chi connectivity index (χ4n) is 8.90. The molecule has 1 heterocycles. The highest BCUT2D eigenvalue weighted by Crippen LogP contribution is 2.67. The standard InChI is InChI=1S/C33H42N2O7/c1-31-11-9-24(36)17-22(31)5-8-25-26-10-12-33(40,32(26,2)18-27(37)29(25)31)28(38)20-42-30(39)34-23-6-3-21(4-7-23)19-35-13-15-41-16-14-35/h3-4,6-7,9,11,17,25-27,29,37,40H,5,8,10,12-16,18-20H2,1-2H3,(H,34,39)/t25?,26?,27-,29?,31?,32?,33-/m0/s1. The lowest BCUT2D eigenvalue weighted by atomic mass is 9.46. The third-order valence-corrected chi connectivity index (χ3v) is 11.2. The minimum absolute atomic E-state index is 0.0123. The summed E-state index contributed by atoms with van der Waals surface area (Å²) in [6.45, 7) is 7.53. The molecule has 0 spiro atoms. The van der Waals surface area contributed by atoms with Crippen LogP contribution in [0.5, 0.6) is 0 Å². The molecule has 1 saturated heterocycles. The van der Waals surface area contributed by atoms with Gasteiger partial charge in [0.05, 0.1) is 19.3 Å². The number of carbonyl (C=O) groups is 3. The number of nitrogens with one attached hydrogen (secondary N) is 1. The number of anilines is 1. The zero-order chi connectivity index (χ0) is 29.7. The van der Waals surface area contributed by atoms with E-state index in [0.717, 1.165) is 56.8 Å². The zero-order valence-corrected chi connectivity index (χ0v) is 24.5. The van der Waals surface area contributed by atoms with Crippen LogP contribution in [-0.2, 0) is 25.6 Å². The maximum atomic E-state index is 13.5. The van der Waals surface area contributed by atoms with Crippen molar-refractivity contribution in [2.45, 2.75) is 64.2 Å². The number of fused-ring (bicyclic) bond motifs is 5. The molecule has 0 bridgehead atoms. The summed E-state index contributed by atoms with van der Waals surface area (Å²) in [6, 6.07) is 7.51. The van der Waals surface area contributed by atoms with Crippen molar-refractivity contribution in [1.29, 1.82) is 0 Å². The molecule has 9 nitrogen and oxygen atoms in total. The highest BCUT2D eigenvalue weighted by molar-refractivity contribution is 6.01. The lowest BCUT2D eigenvalue weighted by Gasteiger charge is -2.59. The average Bonchev–Trinajstić information content (AvgIpc) is 3.24. The fourth-order valence-corrected chi connectivity index (χ4v) is 8.90. The van der Waals surface area contributed by atoms with E-state index in [1.807, 2.05) is 25.1 Å². The summed E-state index contributed by atoms with van der Waals surface area (Å²) in [6.07, 6.45) is 6.54. The summed E-state index contributed by atoms with van der Waals surface area (Å²) in [5, 5.41) is 26.1. The lowest BCUT2D eigenvalue weighted by molar-refractivity contribution is -0.178. The smallest absolute Gasteiger partial charge is 0.412 e. The quantitative estimate of drug-likeness (QED) is 0.467. The first-order valence-corrected chi connectivity index (χ1v) is 15.2. The normalized spacial score (nSPS) is 37.7. The van der Waals surface area contributed by atoms with Gasteiger partial charge in [0.25, 0.3) is 0 Å². The maximum absolute atomic E-state index is 13.5. The Balaban J connectivity index is 1.08. The van der Waals surface area contributed by atoms with Gasteiger partial charge in [-0.15, -0.1) is 0 Å². The number of hydrogen-bond acceptors (Lipinski definition) is 8. The number of allylic oxidation sites excluding steroid dienone is 4. The fraction of sp³-hybridized carbons (Fsp3) is 0.606. The van der Waals surface area contributed by atoms with Gasteiger partial charge < -0.3 is 19.7 Å².